The van der Waals surface area contributed by atoms with Crippen molar-refractivity contribution in [3.8, 4) is 0 Å². The third-order valence-corrected chi connectivity index (χ3v) is 6.54. The fraction of sp³-hybridized carbons (Fsp3) is 1.00. The van der Waals surface area contributed by atoms with E-state index in [0.29, 0.717) is 23.8 Å². The number of hydrogen-bond donors (Lipinski definition) is 0. The van der Waals surface area contributed by atoms with Crippen LogP contribution in [0.25, 0.3) is 0 Å². The summed E-state index contributed by atoms with van der Waals surface area (Å²) < 4.78 is 1.10. The van der Waals surface area contributed by atoms with Crippen molar-refractivity contribution in [2.75, 3.05) is 0 Å². The average Bonchev–Trinajstić information content (AvgIpc) is 1.83. The topological polar surface area (TPSA) is 0 Å². The van der Waals surface area contributed by atoms with Crippen LogP contribution in [0.1, 0.15) is 56.8 Å². The van der Waals surface area contributed by atoms with E-state index >= 15 is 0 Å². The van der Waals surface area contributed by atoms with Crippen molar-refractivity contribution in [3.05, 3.63) is 0 Å². The van der Waals surface area contributed by atoms with E-state index in [-0.39, 0.29) is 1.43 Å². The summed E-state index contributed by atoms with van der Waals surface area (Å²) >= 11 is 0.509. The standard InChI is InChI=1S/2C6H13.Al.H2/c2*1-5(2)6(3)4;;/h2*5H,1-4H3;;1H. The molecule has 0 nitrogen and oxygen atoms in total. The lowest BCUT2D eigenvalue weighted by Crippen LogP contribution is -2.31. The van der Waals surface area contributed by atoms with E-state index < -0.39 is 0 Å². The molecule has 0 rings (SSSR count). The molecule has 0 bridgehead atoms. The molecule has 79 valence electrons. The highest BCUT2D eigenvalue weighted by atomic mass is 27.1. The Morgan fingerprint density at radius 2 is 1.00 bits per heavy atom. The Hall–Kier alpha value is 0.532. The summed E-state index contributed by atoms with van der Waals surface area (Å²) in [6.45, 7) is 19.1. The molecule has 0 aliphatic carbocycles. The molecule has 0 spiro atoms. The summed E-state index contributed by atoms with van der Waals surface area (Å²) in [7, 11) is 0. The molecule has 0 unspecified atom stereocenters. The van der Waals surface area contributed by atoms with E-state index in [0.717, 1.165) is 11.8 Å². The molecular formula is C12H28Al. The minimum atomic E-state index is 0. The highest BCUT2D eigenvalue weighted by Gasteiger charge is 2.34. The molecule has 0 aromatic rings. The smallest absolute Gasteiger partial charge is 0.0851 e. The second-order valence-corrected chi connectivity index (χ2v) is 9.36. The van der Waals surface area contributed by atoms with Gasteiger partial charge in [-0.05, 0) is 0 Å². The second kappa shape index (κ2) is 4.37. The van der Waals surface area contributed by atoms with Crippen LogP contribution < -0.4 is 0 Å². The molecule has 0 atom stereocenters. The summed E-state index contributed by atoms with van der Waals surface area (Å²) in [6, 6.07) is 0. The quantitative estimate of drug-likeness (QED) is 0.578. The Balaban J connectivity index is 0. The minimum absolute atomic E-state index is 0. The van der Waals surface area contributed by atoms with Gasteiger partial charge in [-0.2, -0.15) is 0 Å². The van der Waals surface area contributed by atoms with Gasteiger partial charge >= 0.3 is 0 Å². The lowest BCUT2D eigenvalue weighted by molar-refractivity contribution is 0.417. The third kappa shape index (κ3) is 4.05. The fourth-order valence-corrected chi connectivity index (χ4v) is 3.88. The molecule has 0 aromatic carbocycles. The van der Waals surface area contributed by atoms with E-state index in [4.69, 9.17) is 0 Å². The maximum atomic E-state index is 2.43. The maximum absolute atomic E-state index is 2.43. The first kappa shape index (κ1) is 13.5. The molecule has 0 saturated carbocycles. The molecule has 1 heteroatoms. The molecule has 13 heavy (non-hydrogen) atoms. The van der Waals surface area contributed by atoms with Crippen LogP contribution in [-0.4, -0.2) is 15.2 Å². The minimum Gasteiger partial charge on any atom is -0.0851 e. The Labute approximate surface area is 92.7 Å². The van der Waals surface area contributed by atoms with Crippen LogP contribution in [-0.2, 0) is 0 Å². The summed E-state index contributed by atoms with van der Waals surface area (Å²) in [5.74, 6) is 1.61. The normalized spacial score (nSPS) is 14.0. The van der Waals surface area contributed by atoms with Gasteiger partial charge in [0.2, 0.25) is 15.2 Å². The van der Waals surface area contributed by atoms with Crippen LogP contribution >= 0.6 is 0 Å². The van der Waals surface area contributed by atoms with Crippen molar-refractivity contribution in [3.63, 3.8) is 0 Å². The van der Waals surface area contributed by atoms with Crippen LogP contribution in [0.15, 0.2) is 0 Å². The van der Waals surface area contributed by atoms with Crippen molar-refractivity contribution >= 4 is 15.2 Å². The van der Waals surface area contributed by atoms with Crippen molar-refractivity contribution in [2.45, 2.75) is 63.9 Å². The predicted molar refractivity (Wildman–Crippen MR) is 65.6 cm³/mol. The van der Waals surface area contributed by atoms with E-state index in [1.807, 2.05) is 0 Å². The van der Waals surface area contributed by atoms with Gasteiger partial charge in [-0.3, -0.25) is 0 Å². The summed E-state index contributed by atoms with van der Waals surface area (Å²) in [5, 5.41) is 0. The van der Waals surface area contributed by atoms with Crippen molar-refractivity contribution in [1.29, 1.82) is 0 Å². The first-order valence-corrected chi connectivity index (χ1v) is 6.62. The van der Waals surface area contributed by atoms with Gasteiger partial charge in [-0.15, -0.1) is 0 Å². The zero-order valence-corrected chi connectivity index (χ0v) is 11.9. The molecule has 0 N–H and O–H groups in total. The van der Waals surface area contributed by atoms with Crippen LogP contribution in [0.2, 0.25) is 8.55 Å². The van der Waals surface area contributed by atoms with E-state index in [2.05, 4.69) is 55.4 Å². The van der Waals surface area contributed by atoms with Gasteiger partial charge in [0.15, 0.2) is 0 Å². The first-order chi connectivity index (χ1) is 5.59. The molecule has 0 fully saturated rings. The van der Waals surface area contributed by atoms with Crippen LogP contribution in [0, 0.1) is 11.8 Å². The molecule has 0 aliphatic heterocycles. The maximum Gasteiger partial charge on any atom is 0.219 e. The fourth-order valence-electron chi connectivity index (χ4n) is 1.29. The molecule has 0 amide bonds. The van der Waals surface area contributed by atoms with E-state index in [9.17, 15) is 0 Å². The Bertz CT molecular complexity index is 142. The first-order valence-electron chi connectivity index (χ1n) is 5.46. The summed E-state index contributed by atoms with van der Waals surface area (Å²) in [4.78, 5) is 0. The molecule has 0 heterocycles. The zero-order chi connectivity index (χ0) is 10.9. The highest BCUT2D eigenvalue weighted by Crippen LogP contribution is 2.44. The highest BCUT2D eigenvalue weighted by molar-refractivity contribution is 6.43. The van der Waals surface area contributed by atoms with Gasteiger partial charge < -0.3 is 0 Å². The average molecular weight is 199 g/mol. The van der Waals surface area contributed by atoms with Crippen LogP contribution in [0.5, 0.6) is 0 Å². The monoisotopic (exact) mass is 199 g/mol. The SMILES string of the molecule is CC(C)[C](C)(C)[Al][C](C)(C)C(C)C.[HH]. The van der Waals surface area contributed by atoms with Gasteiger partial charge in [-0.1, -0.05) is 75.8 Å². The van der Waals surface area contributed by atoms with Crippen LogP contribution in [0.3, 0.4) is 0 Å². The predicted octanol–water partition coefficient (Wildman–Crippen LogP) is 4.65. The lowest BCUT2D eigenvalue weighted by Gasteiger charge is -2.39. The second-order valence-electron chi connectivity index (χ2n) is 6.10. The van der Waals surface area contributed by atoms with E-state index in [1.54, 1.807) is 0 Å². The Morgan fingerprint density at radius 1 is 0.769 bits per heavy atom. The van der Waals surface area contributed by atoms with Gasteiger partial charge in [0.05, 0.1) is 0 Å². The van der Waals surface area contributed by atoms with Gasteiger partial charge in [0.1, 0.15) is 0 Å². The van der Waals surface area contributed by atoms with Crippen molar-refractivity contribution in [2.24, 2.45) is 11.8 Å². The van der Waals surface area contributed by atoms with Gasteiger partial charge in [0, 0.05) is 1.43 Å². The summed E-state index contributed by atoms with van der Waals surface area (Å²) in [5.41, 5.74) is 0. The molecular weight excluding hydrogens is 171 g/mol. The molecule has 0 saturated heterocycles. The molecule has 1 radical (unpaired) electrons. The summed E-state index contributed by atoms with van der Waals surface area (Å²) in [6.07, 6.45) is 0. The lowest BCUT2D eigenvalue weighted by atomic mass is 9.97. The van der Waals surface area contributed by atoms with Gasteiger partial charge in [0.25, 0.3) is 0 Å². The molecule has 0 aromatic heterocycles. The Kier molecular flexibility index (Phi) is 4.55. The number of hydrogen-bond acceptors (Lipinski definition) is 0. The van der Waals surface area contributed by atoms with E-state index in [1.165, 1.54) is 0 Å². The zero-order valence-electron chi connectivity index (χ0n) is 10.7. The number of rotatable bonds is 4. The third-order valence-electron chi connectivity index (χ3n) is 3.72. The largest absolute Gasteiger partial charge is 0.219 e. The molecule has 0 aliphatic rings. The van der Waals surface area contributed by atoms with Crippen LogP contribution in [0.4, 0.5) is 0 Å². The Morgan fingerprint density at radius 3 is 1.15 bits per heavy atom. The van der Waals surface area contributed by atoms with Crippen molar-refractivity contribution < 1.29 is 1.43 Å². The van der Waals surface area contributed by atoms with Crippen molar-refractivity contribution in [1.82, 2.24) is 0 Å². The van der Waals surface area contributed by atoms with Gasteiger partial charge in [-0.25, -0.2) is 0 Å².